The van der Waals surface area contributed by atoms with Gasteiger partial charge in [0.1, 0.15) is 5.75 Å². The van der Waals surface area contributed by atoms with Gasteiger partial charge in [0, 0.05) is 33.3 Å². The SMILES string of the molecule is COCC1CCCN(S(=O)(=O)N2CCc3ccc(OC)cc3CC2)C1. The molecule has 0 bridgehead atoms. The first-order valence-corrected chi connectivity index (χ1v) is 10.3. The van der Waals surface area contributed by atoms with Gasteiger partial charge in [-0.2, -0.15) is 17.0 Å². The second kappa shape index (κ2) is 8.03. The molecule has 1 unspecified atom stereocenters. The molecule has 0 amide bonds. The number of hydrogen-bond donors (Lipinski definition) is 0. The van der Waals surface area contributed by atoms with Crippen LogP contribution >= 0.6 is 0 Å². The first-order chi connectivity index (χ1) is 12.0. The van der Waals surface area contributed by atoms with E-state index >= 15 is 0 Å². The summed E-state index contributed by atoms with van der Waals surface area (Å²) >= 11 is 0. The molecule has 0 aliphatic carbocycles. The highest BCUT2D eigenvalue weighted by molar-refractivity contribution is 7.86. The molecule has 0 radical (unpaired) electrons. The lowest BCUT2D eigenvalue weighted by Gasteiger charge is -2.35. The topological polar surface area (TPSA) is 59.1 Å². The van der Waals surface area contributed by atoms with Gasteiger partial charge in [-0.15, -0.1) is 0 Å². The Hall–Kier alpha value is -1.15. The molecule has 3 rings (SSSR count). The zero-order valence-electron chi connectivity index (χ0n) is 15.1. The fourth-order valence-corrected chi connectivity index (χ4v) is 5.54. The fraction of sp³-hybridized carbons (Fsp3) is 0.667. The minimum atomic E-state index is -3.41. The van der Waals surface area contributed by atoms with Gasteiger partial charge in [0.2, 0.25) is 0 Å². The Morgan fingerprint density at radius 2 is 1.84 bits per heavy atom. The molecule has 140 valence electrons. The van der Waals surface area contributed by atoms with E-state index in [1.165, 1.54) is 11.1 Å². The highest BCUT2D eigenvalue weighted by atomic mass is 32.2. The summed E-state index contributed by atoms with van der Waals surface area (Å²) in [6, 6.07) is 6.03. The van der Waals surface area contributed by atoms with Gasteiger partial charge in [0.05, 0.1) is 13.7 Å². The zero-order chi connectivity index (χ0) is 17.9. The normalized spacial score (nSPS) is 23.0. The van der Waals surface area contributed by atoms with Crippen LogP contribution in [0.2, 0.25) is 0 Å². The zero-order valence-corrected chi connectivity index (χ0v) is 15.9. The van der Waals surface area contributed by atoms with Crippen LogP contribution in [0, 0.1) is 5.92 Å². The molecule has 2 aliphatic heterocycles. The van der Waals surface area contributed by atoms with Crippen molar-refractivity contribution < 1.29 is 17.9 Å². The summed E-state index contributed by atoms with van der Waals surface area (Å²) in [5.41, 5.74) is 2.40. The van der Waals surface area contributed by atoms with Crippen LogP contribution in [0.1, 0.15) is 24.0 Å². The Labute approximate surface area is 150 Å². The number of fused-ring (bicyclic) bond motifs is 1. The number of ether oxygens (including phenoxy) is 2. The van der Waals surface area contributed by atoms with Gasteiger partial charge >= 0.3 is 0 Å². The Morgan fingerprint density at radius 1 is 1.08 bits per heavy atom. The first kappa shape index (κ1) is 18.6. The van der Waals surface area contributed by atoms with Crippen LogP contribution in [0.5, 0.6) is 5.75 Å². The Bertz CT molecular complexity index is 690. The smallest absolute Gasteiger partial charge is 0.282 e. The minimum absolute atomic E-state index is 0.293. The van der Waals surface area contributed by atoms with E-state index in [0.29, 0.717) is 38.7 Å². The standard InChI is InChI=1S/C18H28N2O4S/c1-23-14-15-4-3-9-20(13-15)25(21,22)19-10-7-16-5-6-18(24-2)12-17(16)8-11-19/h5-6,12,15H,3-4,7-11,13-14H2,1-2H3. The predicted octanol–water partition coefficient (Wildman–Crippen LogP) is 1.70. The van der Waals surface area contributed by atoms with E-state index in [4.69, 9.17) is 9.47 Å². The van der Waals surface area contributed by atoms with Crippen molar-refractivity contribution >= 4 is 10.2 Å². The summed E-state index contributed by atoms with van der Waals surface area (Å²) in [6.45, 7) is 2.85. The van der Waals surface area contributed by atoms with Gasteiger partial charge in [-0.1, -0.05) is 6.07 Å². The number of benzene rings is 1. The van der Waals surface area contributed by atoms with Crippen molar-refractivity contribution in [1.82, 2.24) is 8.61 Å². The maximum absolute atomic E-state index is 13.1. The third-order valence-corrected chi connectivity index (χ3v) is 7.21. The van der Waals surface area contributed by atoms with Crippen molar-refractivity contribution in [1.29, 1.82) is 0 Å². The molecule has 1 aromatic carbocycles. The van der Waals surface area contributed by atoms with Crippen LogP contribution in [0.25, 0.3) is 0 Å². The Morgan fingerprint density at radius 3 is 2.56 bits per heavy atom. The van der Waals surface area contributed by atoms with Crippen molar-refractivity contribution in [3.05, 3.63) is 29.3 Å². The van der Waals surface area contributed by atoms with Crippen LogP contribution in [0.3, 0.4) is 0 Å². The van der Waals surface area contributed by atoms with Crippen molar-refractivity contribution in [2.75, 3.05) is 47.0 Å². The summed E-state index contributed by atoms with van der Waals surface area (Å²) in [5.74, 6) is 1.12. The Kier molecular flexibility index (Phi) is 5.99. The molecule has 0 aromatic heterocycles. The fourth-order valence-electron chi connectivity index (χ4n) is 3.81. The predicted molar refractivity (Wildman–Crippen MR) is 97.1 cm³/mol. The average Bonchev–Trinajstić information content (AvgIpc) is 2.84. The van der Waals surface area contributed by atoms with E-state index in [1.807, 2.05) is 12.1 Å². The number of hydrogen-bond acceptors (Lipinski definition) is 4. The molecule has 2 heterocycles. The second-order valence-electron chi connectivity index (χ2n) is 6.86. The van der Waals surface area contributed by atoms with Crippen molar-refractivity contribution in [3.8, 4) is 5.75 Å². The summed E-state index contributed by atoms with van der Waals surface area (Å²) in [7, 11) is -0.0841. The lowest BCUT2D eigenvalue weighted by molar-refractivity contribution is 0.116. The van der Waals surface area contributed by atoms with Crippen molar-refractivity contribution in [2.24, 2.45) is 5.92 Å². The molecule has 6 nitrogen and oxygen atoms in total. The van der Waals surface area contributed by atoms with E-state index in [-0.39, 0.29) is 0 Å². The first-order valence-electron chi connectivity index (χ1n) is 8.94. The summed E-state index contributed by atoms with van der Waals surface area (Å²) in [5, 5.41) is 0. The van der Waals surface area contributed by atoms with Gasteiger partial charge in [0.15, 0.2) is 0 Å². The van der Waals surface area contributed by atoms with Gasteiger partial charge in [-0.25, -0.2) is 0 Å². The van der Waals surface area contributed by atoms with Crippen molar-refractivity contribution in [3.63, 3.8) is 0 Å². The van der Waals surface area contributed by atoms with Crippen LogP contribution in [-0.2, 0) is 27.8 Å². The van der Waals surface area contributed by atoms with E-state index < -0.39 is 10.2 Å². The highest BCUT2D eigenvalue weighted by Crippen LogP contribution is 2.25. The molecule has 1 atom stereocenters. The Balaban J connectivity index is 1.71. The molecule has 0 N–H and O–H groups in total. The highest BCUT2D eigenvalue weighted by Gasteiger charge is 2.34. The van der Waals surface area contributed by atoms with Crippen LogP contribution in [0.15, 0.2) is 18.2 Å². The van der Waals surface area contributed by atoms with Gasteiger partial charge < -0.3 is 9.47 Å². The molecule has 1 fully saturated rings. The summed E-state index contributed by atoms with van der Waals surface area (Å²) in [4.78, 5) is 0. The van der Waals surface area contributed by atoms with Gasteiger partial charge in [0.25, 0.3) is 10.2 Å². The molecule has 0 saturated carbocycles. The molecule has 1 saturated heterocycles. The average molecular weight is 368 g/mol. The third-order valence-electron chi connectivity index (χ3n) is 5.21. The third kappa shape index (κ3) is 4.16. The van der Waals surface area contributed by atoms with Crippen LogP contribution < -0.4 is 4.74 Å². The number of rotatable bonds is 5. The van der Waals surface area contributed by atoms with E-state index in [9.17, 15) is 8.42 Å². The molecule has 25 heavy (non-hydrogen) atoms. The molecular formula is C18H28N2O4S. The van der Waals surface area contributed by atoms with Crippen LogP contribution in [0.4, 0.5) is 0 Å². The lowest BCUT2D eigenvalue weighted by atomic mass is 10.0. The van der Waals surface area contributed by atoms with Gasteiger partial charge in [-0.3, -0.25) is 0 Å². The largest absolute Gasteiger partial charge is 0.497 e. The molecule has 7 heteroatoms. The maximum atomic E-state index is 13.1. The van der Waals surface area contributed by atoms with Crippen LogP contribution in [-0.4, -0.2) is 64.0 Å². The monoisotopic (exact) mass is 368 g/mol. The number of methoxy groups -OCH3 is 2. The second-order valence-corrected chi connectivity index (χ2v) is 8.79. The van der Waals surface area contributed by atoms with Gasteiger partial charge in [-0.05, 0) is 54.9 Å². The van der Waals surface area contributed by atoms with E-state index in [1.54, 1.807) is 22.8 Å². The molecule has 1 aromatic rings. The molecular weight excluding hydrogens is 340 g/mol. The molecule has 2 aliphatic rings. The maximum Gasteiger partial charge on any atom is 0.282 e. The quantitative estimate of drug-likeness (QED) is 0.794. The van der Waals surface area contributed by atoms with Crippen molar-refractivity contribution in [2.45, 2.75) is 25.7 Å². The number of piperidine rings is 1. The summed E-state index contributed by atoms with van der Waals surface area (Å²) in [6.07, 6.45) is 3.40. The van der Waals surface area contributed by atoms with E-state index in [2.05, 4.69) is 6.07 Å². The number of nitrogens with zero attached hydrogens (tertiary/aromatic N) is 2. The minimum Gasteiger partial charge on any atom is -0.497 e. The lowest BCUT2D eigenvalue weighted by Crippen LogP contribution is -2.49. The van der Waals surface area contributed by atoms with E-state index in [0.717, 1.165) is 31.4 Å². The molecule has 0 spiro atoms. The summed E-state index contributed by atoms with van der Waals surface area (Å²) < 4.78 is 40.0.